The minimum atomic E-state index is -0.483. The van der Waals surface area contributed by atoms with E-state index in [1.54, 1.807) is 0 Å². The van der Waals surface area contributed by atoms with Gasteiger partial charge in [0.15, 0.2) is 0 Å². The standard InChI is InChI=1S/C68H108N14O22/c1-97-59(87)15-35-79(36-16-60(88)98-2)43-25-71-55(83)11-31-77(32-12-56(84)72-26-44-80(37-17-61(89)99-3)38-18-62(90)100-4)47-29-75-67(95)51-9-23-69-53(49-51)54-50-52(10-24-70-54)68(96)76-30-48-78(33-13-57(85)73-27-45-81(39-19-63(91)101-5)40-20-64(92)102-6)34-14-58(86)74-28-46-82(41-21-65(93)103-7)42-22-66(94)104-8/h9-10,23-24,49-50H,11-22,25-48H2,1-8H3,(H,71,83)(H,72,84)(H,73,85)(H,74,86)(H,75,95)(H,76,96). The Morgan fingerprint density at radius 3 is 0.615 bits per heavy atom. The van der Waals surface area contributed by atoms with Crippen molar-refractivity contribution in [3.05, 3.63) is 47.8 Å². The van der Waals surface area contributed by atoms with Gasteiger partial charge in [-0.25, -0.2) is 0 Å². The molecular formula is C68H108N14O22. The molecule has 36 heteroatoms. The fourth-order valence-electron chi connectivity index (χ4n) is 9.91. The Morgan fingerprint density at radius 2 is 0.433 bits per heavy atom. The van der Waals surface area contributed by atoms with Gasteiger partial charge in [0.05, 0.1) is 120 Å². The lowest BCUT2D eigenvalue weighted by Crippen LogP contribution is -2.41. The zero-order chi connectivity index (χ0) is 76.9. The maximum absolute atomic E-state index is 13.8. The zero-order valence-electron chi connectivity index (χ0n) is 61.5. The quantitative estimate of drug-likeness (QED) is 0.0306. The molecular weight excluding hydrogens is 1360 g/mol. The molecule has 2 rings (SSSR count). The van der Waals surface area contributed by atoms with Crippen molar-refractivity contribution in [2.75, 3.05) is 214 Å². The Kier molecular flexibility index (Phi) is 48.2. The van der Waals surface area contributed by atoms with Crippen molar-refractivity contribution in [3.63, 3.8) is 0 Å². The number of amides is 6. The molecule has 0 saturated carbocycles. The van der Waals surface area contributed by atoms with Crippen molar-refractivity contribution in [1.29, 1.82) is 0 Å². The molecule has 2 aromatic heterocycles. The lowest BCUT2D eigenvalue weighted by molar-refractivity contribution is -0.142. The van der Waals surface area contributed by atoms with Gasteiger partial charge in [0, 0.05) is 206 Å². The molecule has 0 bridgehead atoms. The van der Waals surface area contributed by atoms with Gasteiger partial charge in [0.1, 0.15) is 0 Å². The van der Waals surface area contributed by atoms with Crippen LogP contribution < -0.4 is 31.9 Å². The summed E-state index contributed by atoms with van der Waals surface area (Å²) in [6.45, 7) is 5.55. The maximum Gasteiger partial charge on any atom is 0.306 e. The monoisotopic (exact) mass is 1470 g/mol. The van der Waals surface area contributed by atoms with Gasteiger partial charge in [0.25, 0.3) is 11.8 Å². The molecule has 104 heavy (non-hydrogen) atoms. The largest absolute Gasteiger partial charge is 0.469 e. The smallest absolute Gasteiger partial charge is 0.306 e. The van der Waals surface area contributed by atoms with Gasteiger partial charge in [-0.1, -0.05) is 0 Å². The lowest BCUT2D eigenvalue weighted by Gasteiger charge is -2.24. The first kappa shape index (κ1) is 90.7. The highest BCUT2D eigenvalue weighted by atomic mass is 16.5. The van der Waals surface area contributed by atoms with E-state index in [2.05, 4.69) is 41.9 Å². The van der Waals surface area contributed by atoms with Crippen LogP contribution in [0.1, 0.15) is 97.8 Å². The molecule has 0 unspecified atom stereocenters. The minimum absolute atomic E-state index is 0.00692. The van der Waals surface area contributed by atoms with E-state index in [0.717, 1.165) is 0 Å². The SMILES string of the molecule is COC(=O)CCN(CCNC(=O)CCN(CCNC(=O)c1ccnc(-c2cc(C(=O)NCCN(CCC(=O)NCCN(CCC(=O)OC)CCC(=O)OC)CCC(=O)NCCN(CCC(=O)OC)CCC(=O)OC)ccn2)c1)CCC(=O)NCCN(CCC(=O)OC)CCC(=O)OC)CCC(=O)OC. The highest BCUT2D eigenvalue weighted by Gasteiger charge is 2.21. The molecule has 0 aliphatic rings. The summed E-state index contributed by atoms with van der Waals surface area (Å²) >= 11 is 0. The van der Waals surface area contributed by atoms with Crippen molar-refractivity contribution < 1.29 is 105 Å². The summed E-state index contributed by atoms with van der Waals surface area (Å²) in [7, 11) is 10.2. The number of ether oxygens (including phenoxy) is 8. The number of pyridine rings is 2. The van der Waals surface area contributed by atoms with Gasteiger partial charge < -0.3 is 99.2 Å². The van der Waals surface area contributed by atoms with Gasteiger partial charge in [-0.05, 0) is 24.3 Å². The van der Waals surface area contributed by atoms with Crippen LogP contribution in [-0.4, -0.2) is 337 Å². The number of hydrogen-bond acceptors (Lipinski definition) is 30. The van der Waals surface area contributed by atoms with E-state index in [1.165, 1.54) is 93.5 Å². The molecule has 0 fully saturated rings. The molecule has 0 radical (unpaired) electrons. The van der Waals surface area contributed by atoms with E-state index in [-0.39, 0.29) is 254 Å². The van der Waals surface area contributed by atoms with Gasteiger partial charge >= 0.3 is 47.8 Å². The topological polar surface area (TPSA) is 430 Å². The number of carbonyl (C=O) groups is 14. The molecule has 36 nitrogen and oxygen atoms in total. The van der Waals surface area contributed by atoms with Crippen LogP contribution in [0.4, 0.5) is 0 Å². The number of methoxy groups -OCH3 is 8. The molecule has 0 atom stereocenters. The van der Waals surface area contributed by atoms with Crippen LogP contribution in [0.25, 0.3) is 11.4 Å². The Labute approximate surface area is 607 Å². The number of nitrogens with zero attached hydrogens (tertiary/aromatic N) is 8. The second-order valence-corrected chi connectivity index (χ2v) is 23.4. The average Bonchev–Trinajstić information content (AvgIpc) is 0.832. The molecule has 2 heterocycles. The summed E-state index contributed by atoms with van der Waals surface area (Å²) in [5.74, 6) is -5.69. The maximum atomic E-state index is 13.8. The van der Waals surface area contributed by atoms with Crippen LogP contribution in [-0.2, 0) is 95.4 Å². The number of rotatable bonds is 57. The number of nitrogens with one attached hydrogen (secondary N) is 6. The van der Waals surface area contributed by atoms with Crippen LogP contribution in [0.5, 0.6) is 0 Å². The van der Waals surface area contributed by atoms with Crippen molar-refractivity contribution in [3.8, 4) is 11.4 Å². The summed E-state index contributed by atoms with van der Waals surface area (Å²) in [6.07, 6.45) is 3.41. The third kappa shape index (κ3) is 42.9. The number of aromatic nitrogens is 2. The van der Waals surface area contributed by atoms with Gasteiger partial charge in [0.2, 0.25) is 23.6 Å². The molecule has 0 aliphatic carbocycles. The molecule has 582 valence electrons. The van der Waals surface area contributed by atoms with Crippen molar-refractivity contribution in [2.24, 2.45) is 0 Å². The highest BCUT2D eigenvalue weighted by molar-refractivity contribution is 5.96. The Hall–Kier alpha value is -9.36. The van der Waals surface area contributed by atoms with Crippen LogP contribution in [0, 0.1) is 0 Å². The second-order valence-electron chi connectivity index (χ2n) is 23.4. The Balaban J connectivity index is 2.23. The fraction of sp³-hybridized carbons (Fsp3) is 0.647. The highest BCUT2D eigenvalue weighted by Crippen LogP contribution is 2.17. The van der Waals surface area contributed by atoms with E-state index >= 15 is 0 Å². The predicted molar refractivity (Wildman–Crippen MR) is 374 cm³/mol. The summed E-state index contributed by atoms with van der Waals surface area (Å²) in [5, 5.41) is 17.2. The fourth-order valence-corrected chi connectivity index (χ4v) is 9.91. The van der Waals surface area contributed by atoms with E-state index in [0.29, 0.717) is 26.2 Å². The van der Waals surface area contributed by atoms with Crippen LogP contribution in [0.15, 0.2) is 36.7 Å². The van der Waals surface area contributed by atoms with E-state index in [4.69, 9.17) is 37.9 Å². The van der Waals surface area contributed by atoms with Gasteiger partial charge in [-0.15, -0.1) is 0 Å². The van der Waals surface area contributed by atoms with Crippen LogP contribution >= 0.6 is 0 Å². The molecule has 2 aromatic rings. The molecule has 0 spiro atoms. The summed E-state index contributed by atoms with van der Waals surface area (Å²) in [5.41, 5.74) is 0.952. The normalized spacial score (nSPS) is 11.0. The lowest BCUT2D eigenvalue weighted by atomic mass is 10.1. The Bertz CT molecular complexity index is 2610. The van der Waals surface area contributed by atoms with Crippen molar-refractivity contribution >= 4 is 83.2 Å². The summed E-state index contributed by atoms with van der Waals surface area (Å²) in [4.78, 5) is 195. The number of carbonyl (C=O) groups excluding carboxylic acids is 14. The average molecular weight is 1470 g/mol. The zero-order valence-corrected chi connectivity index (χ0v) is 61.5. The third-order valence-corrected chi connectivity index (χ3v) is 16.2. The first-order valence-electron chi connectivity index (χ1n) is 34.4. The molecule has 0 aromatic carbocycles. The van der Waals surface area contributed by atoms with E-state index < -0.39 is 59.6 Å². The summed E-state index contributed by atoms with van der Waals surface area (Å²) < 4.78 is 38.1. The minimum Gasteiger partial charge on any atom is -0.469 e. The van der Waals surface area contributed by atoms with Gasteiger partial charge in [-0.2, -0.15) is 0 Å². The van der Waals surface area contributed by atoms with Crippen LogP contribution in [0.3, 0.4) is 0 Å². The van der Waals surface area contributed by atoms with Crippen molar-refractivity contribution in [2.45, 2.75) is 77.0 Å². The predicted octanol–water partition coefficient (Wildman–Crippen LogP) is -2.05. The van der Waals surface area contributed by atoms with E-state index in [1.807, 2.05) is 29.4 Å². The molecule has 0 aliphatic heterocycles. The van der Waals surface area contributed by atoms with Crippen LogP contribution in [0.2, 0.25) is 0 Å². The first-order valence-corrected chi connectivity index (χ1v) is 34.4. The second kappa shape index (κ2) is 55.2. The molecule has 0 saturated heterocycles. The van der Waals surface area contributed by atoms with Gasteiger partial charge in [-0.3, -0.25) is 77.1 Å². The first-order chi connectivity index (χ1) is 50.0. The number of esters is 8. The number of hydrogen-bond donors (Lipinski definition) is 6. The molecule has 6 amide bonds. The Morgan fingerprint density at radius 1 is 0.260 bits per heavy atom. The third-order valence-electron chi connectivity index (χ3n) is 16.2. The van der Waals surface area contributed by atoms with E-state index in [9.17, 15) is 67.1 Å². The summed E-state index contributed by atoms with van der Waals surface area (Å²) in [6, 6.07) is 6.01. The van der Waals surface area contributed by atoms with Crippen molar-refractivity contribution in [1.82, 2.24) is 71.3 Å². The molecule has 6 N–H and O–H groups in total.